The van der Waals surface area contributed by atoms with E-state index in [1.807, 2.05) is 12.1 Å². The van der Waals surface area contributed by atoms with Crippen molar-refractivity contribution < 1.29 is 17.9 Å². The Kier molecular flexibility index (Phi) is 6.83. The van der Waals surface area contributed by atoms with E-state index in [0.717, 1.165) is 24.5 Å². The molecule has 2 aromatic rings. The van der Waals surface area contributed by atoms with Crippen LogP contribution in [0.5, 0.6) is 0 Å². The zero-order valence-electron chi connectivity index (χ0n) is 16.6. The van der Waals surface area contributed by atoms with Crippen molar-refractivity contribution in [1.82, 2.24) is 15.0 Å². The fraction of sp³-hybridized carbons (Fsp3) is 0.400. The largest absolute Gasteiger partial charge is 0.378 e. The summed E-state index contributed by atoms with van der Waals surface area (Å²) in [6, 6.07) is 9.50. The quantitative estimate of drug-likeness (QED) is 0.707. The summed E-state index contributed by atoms with van der Waals surface area (Å²) in [6.07, 6.45) is 1.73. The first-order valence-electron chi connectivity index (χ1n) is 9.53. The third-order valence-corrected chi connectivity index (χ3v) is 6.09. The zero-order chi connectivity index (χ0) is 20.9. The Bertz CT molecular complexity index is 939. The molecule has 1 saturated heterocycles. The van der Waals surface area contributed by atoms with Crippen molar-refractivity contribution in [2.75, 3.05) is 31.2 Å². The molecule has 8 nitrogen and oxygen atoms in total. The fourth-order valence-electron chi connectivity index (χ4n) is 2.98. The van der Waals surface area contributed by atoms with Gasteiger partial charge in [0, 0.05) is 37.4 Å². The number of morpholine rings is 1. The van der Waals surface area contributed by atoms with Crippen molar-refractivity contribution in [3.05, 3.63) is 53.7 Å². The van der Waals surface area contributed by atoms with E-state index in [1.54, 1.807) is 20.0 Å². The van der Waals surface area contributed by atoms with E-state index in [9.17, 15) is 13.2 Å². The van der Waals surface area contributed by atoms with Crippen LogP contribution in [0.4, 0.5) is 5.82 Å². The molecule has 0 unspecified atom stereocenters. The molecule has 1 aliphatic heterocycles. The maximum absolute atomic E-state index is 12.4. The number of rotatable bonds is 7. The van der Waals surface area contributed by atoms with Crippen molar-refractivity contribution in [3.63, 3.8) is 0 Å². The molecule has 2 heterocycles. The van der Waals surface area contributed by atoms with Gasteiger partial charge < -0.3 is 15.0 Å². The SMILES string of the molecule is CC(C)NS(=O)(=O)c1ccc(C(=O)NCc2ccnc(N3CCOCC3)c2)cc1. The lowest BCUT2D eigenvalue weighted by Crippen LogP contribution is -2.36. The molecule has 1 fully saturated rings. The molecule has 3 rings (SSSR count). The van der Waals surface area contributed by atoms with Gasteiger partial charge in [-0.3, -0.25) is 4.79 Å². The predicted octanol–water partition coefficient (Wildman–Crippen LogP) is 1.53. The van der Waals surface area contributed by atoms with Gasteiger partial charge in [0.25, 0.3) is 5.91 Å². The number of ether oxygens (including phenoxy) is 1. The van der Waals surface area contributed by atoms with Crippen LogP contribution in [0.15, 0.2) is 47.5 Å². The molecule has 156 valence electrons. The number of nitrogens with zero attached hydrogens (tertiary/aromatic N) is 2. The van der Waals surface area contributed by atoms with Gasteiger partial charge in [-0.1, -0.05) is 0 Å². The van der Waals surface area contributed by atoms with Crippen LogP contribution >= 0.6 is 0 Å². The van der Waals surface area contributed by atoms with Crippen molar-refractivity contribution in [3.8, 4) is 0 Å². The average Bonchev–Trinajstić information content (AvgIpc) is 2.72. The van der Waals surface area contributed by atoms with E-state index in [4.69, 9.17) is 4.74 Å². The number of carbonyl (C=O) groups excluding carboxylic acids is 1. The monoisotopic (exact) mass is 418 g/mol. The van der Waals surface area contributed by atoms with Crippen LogP contribution in [0, 0.1) is 0 Å². The Hall–Kier alpha value is -2.49. The van der Waals surface area contributed by atoms with Crippen LogP contribution in [0.3, 0.4) is 0 Å². The Morgan fingerprint density at radius 3 is 2.52 bits per heavy atom. The van der Waals surface area contributed by atoms with Gasteiger partial charge in [-0.25, -0.2) is 18.1 Å². The van der Waals surface area contributed by atoms with E-state index < -0.39 is 10.0 Å². The van der Waals surface area contributed by atoms with Gasteiger partial charge in [-0.2, -0.15) is 0 Å². The highest BCUT2D eigenvalue weighted by Gasteiger charge is 2.16. The number of hydrogen-bond acceptors (Lipinski definition) is 6. The van der Waals surface area contributed by atoms with E-state index in [2.05, 4.69) is 19.9 Å². The lowest BCUT2D eigenvalue weighted by atomic mass is 10.2. The number of anilines is 1. The van der Waals surface area contributed by atoms with Gasteiger partial charge in [-0.05, 0) is 55.8 Å². The minimum Gasteiger partial charge on any atom is -0.378 e. The molecule has 1 aromatic heterocycles. The number of nitrogens with one attached hydrogen (secondary N) is 2. The molecule has 0 aliphatic carbocycles. The lowest BCUT2D eigenvalue weighted by molar-refractivity contribution is 0.0951. The normalized spacial score (nSPS) is 14.8. The van der Waals surface area contributed by atoms with Gasteiger partial charge >= 0.3 is 0 Å². The Labute approximate surface area is 171 Å². The van der Waals surface area contributed by atoms with Crippen LogP contribution in [-0.2, 0) is 21.3 Å². The smallest absolute Gasteiger partial charge is 0.251 e. The first-order chi connectivity index (χ1) is 13.8. The molecule has 1 aromatic carbocycles. The number of benzene rings is 1. The van der Waals surface area contributed by atoms with Gasteiger partial charge in [-0.15, -0.1) is 0 Å². The molecule has 29 heavy (non-hydrogen) atoms. The minimum atomic E-state index is -3.58. The molecule has 1 aliphatic rings. The summed E-state index contributed by atoms with van der Waals surface area (Å²) < 4.78 is 32.2. The van der Waals surface area contributed by atoms with Crippen LogP contribution in [0.1, 0.15) is 29.8 Å². The molecular weight excluding hydrogens is 392 g/mol. The molecule has 2 N–H and O–H groups in total. The highest BCUT2D eigenvalue weighted by Crippen LogP contribution is 2.15. The van der Waals surface area contributed by atoms with Gasteiger partial charge in [0.15, 0.2) is 0 Å². The number of hydrogen-bond donors (Lipinski definition) is 2. The highest BCUT2D eigenvalue weighted by molar-refractivity contribution is 7.89. The summed E-state index contributed by atoms with van der Waals surface area (Å²) >= 11 is 0. The van der Waals surface area contributed by atoms with E-state index in [0.29, 0.717) is 25.3 Å². The maximum Gasteiger partial charge on any atom is 0.251 e. The van der Waals surface area contributed by atoms with Crippen molar-refractivity contribution >= 4 is 21.7 Å². The standard InChI is InChI=1S/C20H26N4O4S/c1-15(2)23-29(26,27)18-5-3-17(4-6-18)20(25)22-14-16-7-8-21-19(13-16)24-9-11-28-12-10-24/h3-8,13,15,23H,9-12,14H2,1-2H3,(H,22,25). The molecule has 0 atom stereocenters. The number of carbonyl (C=O) groups is 1. The third kappa shape index (κ3) is 5.75. The topological polar surface area (TPSA) is 101 Å². The van der Waals surface area contributed by atoms with E-state index in [1.165, 1.54) is 24.3 Å². The summed E-state index contributed by atoms with van der Waals surface area (Å²) in [5.41, 5.74) is 1.34. The second-order valence-corrected chi connectivity index (χ2v) is 8.82. The summed E-state index contributed by atoms with van der Waals surface area (Å²) in [5, 5.41) is 2.86. The molecular formula is C20H26N4O4S. The summed E-state index contributed by atoms with van der Waals surface area (Å²) in [6.45, 7) is 6.81. The second kappa shape index (κ2) is 9.34. The fourth-order valence-corrected chi connectivity index (χ4v) is 4.24. The van der Waals surface area contributed by atoms with Crippen LogP contribution in [0.2, 0.25) is 0 Å². The van der Waals surface area contributed by atoms with Gasteiger partial charge in [0.05, 0.1) is 18.1 Å². The van der Waals surface area contributed by atoms with E-state index in [-0.39, 0.29) is 16.8 Å². The Morgan fingerprint density at radius 2 is 1.86 bits per heavy atom. The second-order valence-electron chi connectivity index (χ2n) is 7.10. The molecule has 9 heteroatoms. The van der Waals surface area contributed by atoms with E-state index >= 15 is 0 Å². The van der Waals surface area contributed by atoms with Crippen molar-refractivity contribution in [1.29, 1.82) is 0 Å². The maximum atomic E-state index is 12.4. The van der Waals surface area contributed by atoms with Crippen LogP contribution < -0.4 is 14.9 Å². The lowest BCUT2D eigenvalue weighted by Gasteiger charge is -2.28. The average molecular weight is 419 g/mol. The van der Waals surface area contributed by atoms with Gasteiger partial charge in [0.2, 0.25) is 10.0 Å². The number of sulfonamides is 1. The summed E-state index contributed by atoms with van der Waals surface area (Å²) in [7, 11) is -3.58. The predicted molar refractivity (Wildman–Crippen MR) is 110 cm³/mol. The summed E-state index contributed by atoms with van der Waals surface area (Å²) in [5.74, 6) is 0.600. The number of aromatic nitrogens is 1. The molecule has 1 amide bonds. The Balaban J connectivity index is 1.61. The van der Waals surface area contributed by atoms with Crippen molar-refractivity contribution in [2.45, 2.75) is 31.3 Å². The van der Waals surface area contributed by atoms with Crippen LogP contribution in [0.25, 0.3) is 0 Å². The minimum absolute atomic E-state index is 0.132. The zero-order valence-corrected chi connectivity index (χ0v) is 17.4. The highest BCUT2D eigenvalue weighted by atomic mass is 32.2. The Morgan fingerprint density at radius 1 is 1.17 bits per heavy atom. The summed E-state index contributed by atoms with van der Waals surface area (Å²) in [4.78, 5) is 19.1. The molecule has 0 spiro atoms. The molecule has 0 bridgehead atoms. The third-order valence-electron chi connectivity index (χ3n) is 4.42. The molecule has 0 saturated carbocycles. The van der Waals surface area contributed by atoms with Crippen LogP contribution in [-0.4, -0.2) is 51.7 Å². The van der Waals surface area contributed by atoms with Gasteiger partial charge in [0.1, 0.15) is 5.82 Å². The number of pyridine rings is 1. The molecule has 0 radical (unpaired) electrons. The first-order valence-corrected chi connectivity index (χ1v) is 11.0. The first kappa shape index (κ1) is 21.2. The van der Waals surface area contributed by atoms with Crippen molar-refractivity contribution in [2.24, 2.45) is 0 Å². The number of amides is 1.